The van der Waals surface area contributed by atoms with Crippen LogP contribution in [0.1, 0.15) is 24.2 Å². The van der Waals surface area contributed by atoms with Gasteiger partial charge in [0, 0.05) is 31.7 Å². The van der Waals surface area contributed by atoms with Gasteiger partial charge in [0.15, 0.2) is 11.5 Å². The van der Waals surface area contributed by atoms with Gasteiger partial charge >= 0.3 is 0 Å². The number of carbonyl (C=O) groups excluding carboxylic acids is 1. The molecule has 1 aliphatic rings. The molecule has 0 aromatic heterocycles. The van der Waals surface area contributed by atoms with Crippen molar-refractivity contribution in [1.82, 2.24) is 9.21 Å². The summed E-state index contributed by atoms with van der Waals surface area (Å²) in [5.74, 6) is 0.256. The highest BCUT2D eigenvalue weighted by atomic mass is 32.2. The lowest BCUT2D eigenvalue weighted by Crippen LogP contribution is -2.50. The van der Waals surface area contributed by atoms with Crippen LogP contribution < -0.4 is 9.47 Å². The van der Waals surface area contributed by atoms with E-state index in [1.54, 1.807) is 23.1 Å². The number of amides is 1. The Hall–Kier alpha value is -2.65. The molecule has 0 spiro atoms. The van der Waals surface area contributed by atoms with Crippen molar-refractivity contribution in [3.8, 4) is 11.5 Å². The highest BCUT2D eigenvalue weighted by molar-refractivity contribution is 7.89. The molecule has 0 bridgehead atoms. The second-order valence-electron chi connectivity index (χ2n) is 6.68. The monoisotopic (exact) mass is 436 g/mol. The van der Waals surface area contributed by atoms with Crippen LogP contribution in [0.25, 0.3) is 0 Å². The Labute approximate surface area is 176 Å². The van der Waals surface area contributed by atoms with Crippen LogP contribution in [0.3, 0.4) is 0 Å². The van der Waals surface area contributed by atoms with Gasteiger partial charge in [-0.2, -0.15) is 4.31 Å². The van der Waals surface area contributed by atoms with Crippen molar-refractivity contribution in [3.63, 3.8) is 0 Å². The molecule has 1 fully saturated rings. The maximum absolute atomic E-state index is 13.4. The predicted molar refractivity (Wildman–Crippen MR) is 110 cm³/mol. The van der Waals surface area contributed by atoms with Crippen LogP contribution in [0.15, 0.2) is 47.4 Å². The standard InChI is InChI=1S/C21H25FN2O5S/c1-3-28-19-9-8-16(14-20(19)29-4-2)21(25)23-10-12-24(13-11-23)30(26,27)18-7-5-6-17(22)15-18/h5-9,14-15H,3-4,10-13H2,1-2H3. The SMILES string of the molecule is CCOc1ccc(C(=O)N2CCN(S(=O)(=O)c3cccc(F)c3)CC2)cc1OCC. The van der Waals surface area contributed by atoms with Gasteiger partial charge in [-0.15, -0.1) is 0 Å². The molecule has 0 radical (unpaired) electrons. The van der Waals surface area contributed by atoms with Crippen LogP contribution >= 0.6 is 0 Å². The van der Waals surface area contributed by atoms with Crippen LogP contribution in [0.5, 0.6) is 11.5 Å². The number of halogens is 1. The summed E-state index contributed by atoms with van der Waals surface area (Å²) in [5.41, 5.74) is 0.448. The summed E-state index contributed by atoms with van der Waals surface area (Å²) in [6.07, 6.45) is 0. The quantitative estimate of drug-likeness (QED) is 0.667. The molecule has 0 aliphatic carbocycles. The van der Waals surface area contributed by atoms with Crippen molar-refractivity contribution in [3.05, 3.63) is 53.8 Å². The van der Waals surface area contributed by atoms with E-state index in [4.69, 9.17) is 9.47 Å². The molecule has 1 amide bonds. The minimum absolute atomic E-state index is 0.0878. The van der Waals surface area contributed by atoms with Gasteiger partial charge in [0.05, 0.1) is 18.1 Å². The molecule has 9 heteroatoms. The molecule has 1 aliphatic heterocycles. The number of benzene rings is 2. The highest BCUT2D eigenvalue weighted by Crippen LogP contribution is 2.29. The van der Waals surface area contributed by atoms with Crippen molar-refractivity contribution in [2.75, 3.05) is 39.4 Å². The lowest BCUT2D eigenvalue weighted by atomic mass is 10.1. The molecule has 0 saturated carbocycles. The Balaban J connectivity index is 1.70. The van der Waals surface area contributed by atoms with Crippen molar-refractivity contribution < 1.29 is 27.1 Å². The third-order valence-electron chi connectivity index (χ3n) is 4.75. The summed E-state index contributed by atoms with van der Waals surface area (Å²) in [4.78, 5) is 14.4. The zero-order valence-electron chi connectivity index (χ0n) is 17.0. The lowest BCUT2D eigenvalue weighted by molar-refractivity contribution is 0.0697. The molecule has 30 heavy (non-hydrogen) atoms. The summed E-state index contributed by atoms with van der Waals surface area (Å²) in [5, 5.41) is 0. The van der Waals surface area contributed by atoms with Gasteiger partial charge in [0.25, 0.3) is 5.91 Å². The fraction of sp³-hybridized carbons (Fsp3) is 0.381. The van der Waals surface area contributed by atoms with E-state index in [0.29, 0.717) is 30.3 Å². The van der Waals surface area contributed by atoms with E-state index < -0.39 is 15.8 Å². The number of hydrogen-bond acceptors (Lipinski definition) is 5. The summed E-state index contributed by atoms with van der Waals surface area (Å²) in [7, 11) is -3.81. The maximum atomic E-state index is 13.4. The molecular formula is C21H25FN2O5S. The molecule has 1 heterocycles. The molecule has 0 unspecified atom stereocenters. The number of carbonyl (C=O) groups is 1. The van der Waals surface area contributed by atoms with Gasteiger partial charge in [-0.1, -0.05) is 6.07 Å². The highest BCUT2D eigenvalue weighted by Gasteiger charge is 2.31. The largest absolute Gasteiger partial charge is 0.490 e. The Morgan fingerprint density at radius 2 is 1.63 bits per heavy atom. The summed E-state index contributed by atoms with van der Waals surface area (Å²) >= 11 is 0. The van der Waals surface area contributed by atoms with E-state index >= 15 is 0 Å². The van der Waals surface area contributed by atoms with Crippen LogP contribution in [0.4, 0.5) is 4.39 Å². The number of rotatable bonds is 7. The van der Waals surface area contributed by atoms with E-state index in [2.05, 4.69) is 0 Å². The summed E-state index contributed by atoms with van der Waals surface area (Å²) in [6.45, 7) is 5.40. The minimum Gasteiger partial charge on any atom is -0.490 e. The number of nitrogens with zero attached hydrogens (tertiary/aromatic N) is 2. The van der Waals surface area contributed by atoms with E-state index in [9.17, 15) is 17.6 Å². The van der Waals surface area contributed by atoms with Crippen LogP contribution in [0, 0.1) is 5.82 Å². The van der Waals surface area contributed by atoms with Gasteiger partial charge in [0.1, 0.15) is 5.82 Å². The normalized spacial score (nSPS) is 15.1. The Kier molecular flexibility index (Phi) is 6.94. The van der Waals surface area contributed by atoms with E-state index in [-0.39, 0.29) is 37.0 Å². The summed E-state index contributed by atoms with van der Waals surface area (Å²) < 4.78 is 51.3. The second-order valence-corrected chi connectivity index (χ2v) is 8.62. The number of hydrogen-bond donors (Lipinski definition) is 0. The van der Waals surface area contributed by atoms with Crippen LogP contribution in [0.2, 0.25) is 0 Å². The Morgan fingerprint density at radius 1 is 0.967 bits per heavy atom. The average molecular weight is 437 g/mol. The first kappa shape index (κ1) is 22.0. The Morgan fingerprint density at radius 3 is 2.27 bits per heavy atom. The maximum Gasteiger partial charge on any atom is 0.254 e. The fourth-order valence-corrected chi connectivity index (χ4v) is 4.73. The topological polar surface area (TPSA) is 76.2 Å². The van der Waals surface area contributed by atoms with Gasteiger partial charge in [-0.05, 0) is 50.2 Å². The first-order chi connectivity index (χ1) is 14.4. The van der Waals surface area contributed by atoms with E-state index in [0.717, 1.165) is 6.07 Å². The van der Waals surface area contributed by atoms with Crippen molar-refractivity contribution >= 4 is 15.9 Å². The van der Waals surface area contributed by atoms with Crippen molar-refractivity contribution in [2.24, 2.45) is 0 Å². The molecule has 162 valence electrons. The second kappa shape index (κ2) is 9.44. The third-order valence-corrected chi connectivity index (χ3v) is 6.64. The molecule has 2 aromatic rings. The zero-order chi connectivity index (χ0) is 21.7. The van der Waals surface area contributed by atoms with Crippen LogP contribution in [-0.2, 0) is 10.0 Å². The number of piperazine rings is 1. The van der Waals surface area contributed by atoms with Crippen molar-refractivity contribution in [1.29, 1.82) is 0 Å². The molecule has 7 nitrogen and oxygen atoms in total. The van der Waals surface area contributed by atoms with Gasteiger partial charge in [-0.3, -0.25) is 4.79 Å². The average Bonchev–Trinajstić information content (AvgIpc) is 2.75. The molecule has 2 aromatic carbocycles. The lowest BCUT2D eigenvalue weighted by Gasteiger charge is -2.34. The number of sulfonamides is 1. The minimum atomic E-state index is -3.81. The van der Waals surface area contributed by atoms with Crippen LogP contribution in [-0.4, -0.2) is 62.9 Å². The predicted octanol–water partition coefficient (Wildman–Crippen LogP) is 2.77. The Bertz CT molecular complexity index is 1000. The van der Waals surface area contributed by atoms with Gasteiger partial charge < -0.3 is 14.4 Å². The van der Waals surface area contributed by atoms with E-state index in [1.165, 1.54) is 22.5 Å². The van der Waals surface area contributed by atoms with Crippen molar-refractivity contribution in [2.45, 2.75) is 18.7 Å². The molecule has 1 saturated heterocycles. The first-order valence-electron chi connectivity index (χ1n) is 9.81. The smallest absolute Gasteiger partial charge is 0.254 e. The first-order valence-corrected chi connectivity index (χ1v) is 11.3. The van der Waals surface area contributed by atoms with E-state index in [1.807, 2.05) is 13.8 Å². The fourth-order valence-electron chi connectivity index (χ4n) is 3.27. The summed E-state index contributed by atoms with van der Waals surface area (Å²) in [6, 6.07) is 9.95. The molecular weight excluding hydrogens is 411 g/mol. The third kappa shape index (κ3) is 4.73. The molecule has 0 atom stereocenters. The van der Waals surface area contributed by atoms with Gasteiger partial charge in [-0.25, -0.2) is 12.8 Å². The zero-order valence-corrected chi connectivity index (χ0v) is 17.8. The molecule has 0 N–H and O–H groups in total. The molecule has 3 rings (SSSR count). The number of ether oxygens (including phenoxy) is 2. The van der Waals surface area contributed by atoms with Gasteiger partial charge in [0.2, 0.25) is 10.0 Å².